The van der Waals surface area contributed by atoms with Crippen molar-refractivity contribution in [2.24, 2.45) is 5.16 Å². The fraction of sp³-hybridized carbons (Fsp3) is 0.190. The topological polar surface area (TPSA) is 67.0 Å². The summed E-state index contributed by atoms with van der Waals surface area (Å²) in [6.07, 6.45) is 0.977. The van der Waals surface area contributed by atoms with Crippen LogP contribution in [-0.2, 0) is 11.4 Å². The van der Waals surface area contributed by atoms with Crippen molar-refractivity contribution in [3.05, 3.63) is 83.8 Å². The second-order valence-corrected chi connectivity index (χ2v) is 6.19. The Kier molecular flexibility index (Phi) is 4.82. The minimum atomic E-state index is -0.652. The fourth-order valence-electron chi connectivity index (χ4n) is 3.11. The monoisotopic (exact) mass is 348 g/mol. The number of aliphatic hydroxyl groups is 1. The molecule has 0 saturated carbocycles. The maximum Gasteiger partial charge on any atom is 0.144 e. The van der Waals surface area contributed by atoms with Crippen molar-refractivity contribution in [1.29, 1.82) is 0 Å². The van der Waals surface area contributed by atoms with Crippen LogP contribution in [-0.4, -0.2) is 30.1 Å². The molecule has 2 aromatic carbocycles. The van der Waals surface area contributed by atoms with Crippen LogP contribution < -0.4 is 5.32 Å². The molecule has 0 radical (unpaired) electrons. The first kappa shape index (κ1) is 16.6. The van der Waals surface area contributed by atoms with Gasteiger partial charge in [-0.3, -0.25) is 0 Å². The van der Waals surface area contributed by atoms with Gasteiger partial charge >= 0.3 is 0 Å². The van der Waals surface area contributed by atoms with Crippen molar-refractivity contribution in [2.75, 3.05) is 13.2 Å². The Hall–Kier alpha value is -2.89. The van der Waals surface area contributed by atoms with E-state index in [1.807, 2.05) is 48.5 Å². The molecular formula is C21H20N2O3. The van der Waals surface area contributed by atoms with Gasteiger partial charge in [0.1, 0.15) is 24.2 Å². The van der Waals surface area contributed by atoms with Crippen LogP contribution in [0.5, 0.6) is 0 Å². The van der Waals surface area contributed by atoms with E-state index in [0.717, 1.165) is 33.7 Å². The third-order valence-electron chi connectivity index (χ3n) is 4.34. The van der Waals surface area contributed by atoms with E-state index in [2.05, 4.69) is 22.6 Å². The number of furan rings is 1. The first-order valence-corrected chi connectivity index (χ1v) is 8.63. The first-order valence-electron chi connectivity index (χ1n) is 8.63. The average Bonchev–Trinajstić information content (AvgIpc) is 3.29. The Labute approximate surface area is 151 Å². The van der Waals surface area contributed by atoms with Crippen LogP contribution in [0.25, 0.3) is 11.1 Å². The minimum absolute atomic E-state index is 0.124. The lowest BCUT2D eigenvalue weighted by molar-refractivity contribution is 0.0402. The Morgan fingerprint density at radius 1 is 0.923 bits per heavy atom. The number of hydrogen-bond acceptors (Lipinski definition) is 5. The number of hydrogen-bond donors (Lipinski definition) is 2. The predicted molar refractivity (Wildman–Crippen MR) is 99.9 cm³/mol. The van der Waals surface area contributed by atoms with E-state index in [9.17, 15) is 5.11 Å². The summed E-state index contributed by atoms with van der Waals surface area (Å²) in [6.45, 7) is 1.09. The van der Waals surface area contributed by atoms with Gasteiger partial charge in [-0.2, -0.15) is 0 Å². The van der Waals surface area contributed by atoms with Crippen molar-refractivity contribution >= 4 is 5.71 Å². The number of benzene rings is 2. The third kappa shape index (κ3) is 3.40. The number of fused-ring (bicyclic) bond motifs is 3. The van der Waals surface area contributed by atoms with Gasteiger partial charge in [0, 0.05) is 17.7 Å². The molecule has 0 spiro atoms. The zero-order valence-electron chi connectivity index (χ0n) is 14.3. The normalized spacial score (nSPS) is 13.2. The molecule has 0 fully saturated rings. The number of oxime groups is 1. The second-order valence-electron chi connectivity index (χ2n) is 6.19. The predicted octanol–water partition coefficient (Wildman–Crippen LogP) is 3.18. The molecule has 1 unspecified atom stereocenters. The maximum absolute atomic E-state index is 10.1. The minimum Gasteiger partial charge on any atom is -0.468 e. The lowest BCUT2D eigenvalue weighted by Crippen LogP contribution is -2.29. The summed E-state index contributed by atoms with van der Waals surface area (Å²) in [5, 5.41) is 17.5. The molecule has 26 heavy (non-hydrogen) atoms. The van der Waals surface area contributed by atoms with Crippen LogP contribution in [0.4, 0.5) is 0 Å². The Morgan fingerprint density at radius 3 is 2.19 bits per heavy atom. The molecule has 0 bridgehead atoms. The van der Waals surface area contributed by atoms with Crippen LogP contribution in [0.15, 0.2) is 76.5 Å². The molecular weight excluding hydrogens is 328 g/mol. The maximum atomic E-state index is 10.1. The molecule has 2 N–H and O–H groups in total. The molecule has 0 saturated heterocycles. The van der Waals surface area contributed by atoms with Crippen LogP contribution in [0.3, 0.4) is 0 Å². The number of aliphatic hydroxyl groups excluding tert-OH is 1. The van der Waals surface area contributed by atoms with Crippen molar-refractivity contribution < 1.29 is 14.4 Å². The van der Waals surface area contributed by atoms with Crippen molar-refractivity contribution in [1.82, 2.24) is 5.32 Å². The molecule has 4 rings (SSSR count). The zero-order valence-corrected chi connectivity index (χ0v) is 14.3. The summed E-state index contributed by atoms with van der Waals surface area (Å²) in [6, 6.07) is 20.0. The van der Waals surface area contributed by atoms with Crippen molar-refractivity contribution in [3.63, 3.8) is 0 Å². The van der Waals surface area contributed by atoms with E-state index in [1.165, 1.54) is 0 Å². The largest absolute Gasteiger partial charge is 0.468 e. The quantitative estimate of drug-likeness (QED) is 0.504. The number of nitrogens with one attached hydrogen (secondary N) is 1. The molecule has 0 amide bonds. The van der Waals surface area contributed by atoms with Gasteiger partial charge in [-0.25, -0.2) is 0 Å². The Bertz CT molecular complexity index is 856. The lowest BCUT2D eigenvalue weighted by Gasteiger charge is -2.10. The third-order valence-corrected chi connectivity index (χ3v) is 4.34. The average molecular weight is 348 g/mol. The van der Waals surface area contributed by atoms with Gasteiger partial charge in [-0.15, -0.1) is 0 Å². The van der Waals surface area contributed by atoms with Gasteiger partial charge in [0.15, 0.2) is 0 Å². The van der Waals surface area contributed by atoms with Crippen LogP contribution in [0, 0.1) is 0 Å². The summed E-state index contributed by atoms with van der Waals surface area (Å²) < 4.78 is 5.23. The number of rotatable bonds is 7. The van der Waals surface area contributed by atoms with Crippen molar-refractivity contribution in [3.8, 4) is 11.1 Å². The van der Waals surface area contributed by atoms with Gasteiger partial charge in [0.2, 0.25) is 0 Å². The SMILES string of the molecule is OC(CNCc1ccco1)CON=C1c2ccccc2-c2ccccc21. The molecule has 5 heteroatoms. The molecule has 3 aromatic rings. The second kappa shape index (κ2) is 7.56. The van der Waals surface area contributed by atoms with E-state index in [4.69, 9.17) is 9.25 Å². The summed E-state index contributed by atoms with van der Waals surface area (Å²) in [5.74, 6) is 0.831. The van der Waals surface area contributed by atoms with Gasteiger partial charge < -0.3 is 19.7 Å². The van der Waals surface area contributed by atoms with Gasteiger partial charge in [-0.1, -0.05) is 53.7 Å². The van der Waals surface area contributed by atoms with Gasteiger partial charge in [0.25, 0.3) is 0 Å². The van der Waals surface area contributed by atoms with E-state index in [0.29, 0.717) is 13.1 Å². The molecule has 1 atom stereocenters. The summed E-state index contributed by atoms with van der Waals surface area (Å²) in [5.41, 5.74) is 5.24. The Morgan fingerprint density at radius 2 is 1.58 bits per heavy atom. The molecule has 1 aromatic heterocycles. The highest BCUT2D eigenvalue weighted by Crippen LogP contribution is 2.36. The van der Waals surface area contributed by atoms with Gasteiger partial charge in [-0.05, 0) is 23.3 Å². The fourth-order valence-corrected chi connectivity index (χ4v) is 3.11. The lowest BCUT2D eigenvalue weighted by atomic mass is 10.1. The van der Waals surface area contributed by atoms with E-state index in [1.54, 1.807) is 6.26 Å². The Balaban J connectivity index is 1.38. The summed E-state index contributed by atoms with van der Waals surface area (Å²) in [7, 11) is 0. The molecule has 1 aliphatic carbocycles. The first-order chi connectivity index (χ1) is 12.8. The molecule has 1 aliphatic rings. The highest BCUT2D eigenvalue weighted by Gasteiger charge is 2.24. The summed E-state index contributed by atoms with van der Waals surface area (Å²) in [4.78, 5) is 5.46. The van der Waals surface area contributed by atoms with E-state index < -0.39 is 6.10 Å². The highest BCUT2D eigenvalue weighted by atomic mass is 16.6. The van der Waals surface area contributed by atoms with Crippen molar-refractivity contribution in [2.45, 2.75) is 12.6 Å². The molecule has 1 heterocycles. The van der Waals surface area contributed by atoms with Crippen LogP contribution >= 0.6 is 0 Å². The van der Waals surface area contributed by atoms with E-state index >= 15 is 0 Å². The van der Waals surface area contributed by atoms with Crippen LogP contribution in [0.1, 0.15) is 16.9 Å². The summed E-state index contributed by atoms with van der Waals surface area (Å²) >= 11 is 0. The standard InChI is InChI=1S/C21H20N2O3/c24-15(12-22-13-16-6-5-11-25-16)14-26-23-21-19-9-3-1-7-17(19)18-8-2-4-10-20(18)21/h1-11,15,22,24H,12-14H2. The van der Waals surface area contributed by atoms with Crippen LogP contribution in [0.2, 0.25) is 0 Å². The smallest absolute Gasteiger partial charge is 0.144 e. The molecule has 0 aliphatic heterocycles. The zero-order chi connectivity index (χ0) is 17.8. The highest BCUT2D eigenvalue weighted by molar-refractivity contribution is 6.24. The van der Waals surface area contributed by atoms with E-state index in [-0.39, 0.29) is 6.61 Å². The number of nitrogens with zero attached hydrogens (tertiary/aromatic N) is 1. The van der Waals surface area contributed by atoms with Gasteiger partial charge in [0.05, 0.1) is 12.8 Å². The molecule has 132 valence electrons. The molecule has 5 nitrogen and oxygen atoms in total.